The van der Waals surface area contributed by atoms with E-state index in [1.165, 1.54) is 13.2 Å². The van der Waals surface area contributed by atoms with Gasteiger partial charge in [0.2, 0.25) is 0 Å². The number of hydrogen-bond donors (Lipinski definition) is 1. The molecule has 0 radical (unpaired) electrons. The minimum atomic E-state index is -1.24. The Kier molecular flexibility index (Phi) is 5.01. The Morgan fingerprint density at radius 2 is 2.00 bits per heavy atom. The van der Waals surface area contributed by atoms with Crippen LogP contribution in [0.5, 0.6) is 5.75 Å². The SMILES string of the molecule is COc1ccc(F)c(C(C)N[S+]([O-])C(C)(C)C)c1. The lowest BCUT2D eigenvalue weighted by Crippen LogP contribution is -2.40. The molecule has 0 aromatic heterocycles. The third-order valence-corrected chi connectivity index (χ3v) is 4.19. The predicted molar refractivity (Wildman–Crippen MR) is 72.4 cm³/mol. The van der Waals surface area contributed by atoms with Gasteiger partial charge in [-0.05, 0) is 45.9 Å². The van der Waals surface area contributed by atoms with Gasteiger partial charge in [-0.3, -0.25) is 0 Å². The average molecular weight is 273 g/mol. The van der Waals surface area contributed by atoms with Crippen LogP contribution in [0.15, 0.2) is 18.2 Å². The van der Waals surface area contributed by atoms with Gasteiger partial charge in [0, 0.05) is 16.9 Å². The maximum absolute atomic E-state index is 13.7. The third kappa shape index (κ3) is 3.86. The summed E-state index contributed by atoms with van der Waals surface area (Å²) in [5, 5.41) is 0. The zero-order chi connectivity index (χ0) is 13.9. The van der Waals surface area contributed by atoms with Gasteiger partial charge in [0.15, 0.2) is 0 Å². The number of hydrogen-bond acceptors (Lipinski definition) is 3. The molecule has 0 bridgehead atoms. The van der Waals surface area contributed by atoms with Crippen molar-refractivity contribution in [3.05, 3.63) is 29.6 Å². The van der Waals surface area contributed by atoms with Gasteiger partial charge in [-0.1, -0.05) is 0 Å². The number of methoxy groups -OCH3 is 1. The maximum atomic E-state index is 13.7. The van der Waals surface area contributed by atoms with E-state index in [1.807, 2.05) is 20.8 Å². The summed E-state index contributed by atoms with van der Waals surface area (Å²) in [5.41, 5.74) is 0.451. The van der Waals surface area contributed by atoms with Crippen LogP contribution >= 0.6 is 0 Å². The lowest BCUT2D eigenvalue weighted by molar-refractivity contribution is 0.411. The van der Waals surface area contributed by atoms with E-state index in [-0.39, 0.29) is 16.6 Å². The first-order valence-electron chi connectivity index (χ1n) is 5.77. The molecule has 5 heteroatoms. The Hall–Kier alpha value is -0.780. The Balaban J connectivity index is 2.87. The first-order chi connectivity index (χ1) is 8.25. The fraction of sp³-hybridized carbons (Fsp3) is 0.538. The molecule has 1 aromatic carbocycles. The second-order valence-corrected chi connectivity index (χ2v) is 7.11. The van der Waals surface area contributed by atoms with E-state index in [0.29, 0.717) is 11.3 Å². The summed E-state index contributed by atoms with van der Waals surface area (Å²) in [6.07, 6.45) is 0. The van der Waals surface area contributed by atoms with Gasteiger partial charge in [0.1, 0.15) is 16.3 Å². The summed E-state index contributed by atoms with van der Waals surface area (Å²) in [4.78, 5) is 0. The molecule has 0 saturated carbocycles. The molecule has 1 aromatic rings. The van der Waals surface area contributed by atoms with Crippen LogP contribution in [0.3, 0.4) is 0 Å². The van der Waals surface area contributed by atoms with Gasteiger partial charge in [0.25, 0.3) is 0 Å². The summed E-state index contributed by atoms with van der Waals surface area (Å²) in [7, 11) is 1.53. The predicted octanol–water partition coefficient (Wildman–Crippen LogP) is 2.95. The van der Waals surface area contributed by atoms with Crippen LogP contribution in [-0.2, 0) is 11.4 Å². The number of ether oxygens (including phenoxy) is 1. The van der Waals surface area contributed by atoms with E-state index in [0.717, 1.165) is 0 Å². The van der Waals surface area contributed by atoms with Crippen molar-refractivity contribution in [2.45, 2.75) is 38.5 Å². The molecule has 0 saturated heterocycles. The largest absolute Gasteiger partial charge is 0.598 e. The molecule has 0 spiro atoms. The molecule has 0 heterocycles. The third-order valence-electron chi connectivity index (χ3n) is 2.51. The van der Waals surface area contributed by atoms with Gasteiger partial charge in [-0.15, -0.1) is 4.72 Å². The highest BCUT2D eigenvalue weighted by molar-refractivity contribution is 7.90. The molecule has 0 amide bonds. The smallest absolute Gasteiger partial charge is 0.136 e. The van der Waals surface area contributed by atoms with E-state index >= 15 is 0 Å². The van der Waals surface area contributed by atoms with Gasteiger partial charge in [-0.2, -0.15) is 0 Å². The second kappa shape index (κ2) is 5.91. The van der Waals surface area contributed by atoms with E-state index in [2.05, 4.69) is 4.72 Å². The summed E-state index contributed by atoms with van der Waals surface area (Å²) in [6, 6.07) is 4.19. The van der Waals surface area contributed by atoms with Crippen LogP contribution in [0, 0.1) is 5.82 Å². The molecule has 0 aliphatic carbocycles. The van der Waals surface area contributed by atoms with Crippen LogP contribution in [0.1, 0.15) is 39.3 Å². The van der Waals surface area contributed by atoms with Crippen LogP contribution in [0.25, 0.3) is 0 Å². The minimum absolute atomic E-state index is 0.332. The lowest BCUT2D eigenvalue weighted by Gasteiger charge is -2.26. The summed E-state index contributed by atoms with van der Waals surface area (Å²) in [6.45, 7) is 7.38. The van der Waals surface area contributed by atoms with Crippen molar-refractivity contribution < 1.29 is 13.7 Å². The standard InChI is InChI=1S/C13H20FNO2S/c1-9(15-18(16)13(2,3)4)11-8-10(17-5)6-7-12(11)14/h6-9,15H,1-5H3. The van der Waals surface area contributed by atoms with Crippen molar-refractivity contribution in [2.24, 2.45) is 0 Å². The van der Waals surface area contributed by atoms with E-state index in [4.69, 9.17) is 4.74 Å². The average Bonchev–Trinajstić information content (AvgIpc) is 2.28. The van der Waals surface area contributed by atoms with Gasteiger partial charge in [0.05, 0.1) is 13.2 Å². The minimum Gasteiger partial charge on any atom is -0.598 e. The maximum Gasteiger partial charge on any atom is 0.136 e. The first kappa shape index (κ1) is 15.3. The van der Waals surface area contributed by atoms with Crippen molar-refractivity contribution >= 4 is 11.4 Å². The fourth-order valence-electron chi connectivity index (χ4n) is 1.38. The van der Waals surface area contributed by atoms with E-state index < -0.39 is 11.4 Å². The lowest BCUT2D eigenvalue weighted by atomic mass is 10.1. The van der Waals surface area contributed by atoms with Crippen molar-refractivity contribution in [1.29, 1.82) is 0 Å². The number of halogens is 1. The Labute approximate surface area is 111 Å². The Morgan fingerprint density at radius 1 is 1.39 bits per heavy atom. The van der Waals surface area contributed by atoms with Crippen molar-refractivity contribution in [3.8, 4) is 5.75 Å². The molecule has 1 N–H and O–H groups in total. The van der Waals surface area contributed by atoms with E-state index in [1.54, 1.807) is 19.1 Å². The van der Waals surface area contributed by atoms with Gasteiger partial charge < -0.3 is 9.29 Å². The molecule has 2 unspecified atom stereocenters. The van der Waals surface area contributed by atoms with E-state index in [9.17, 15) is 8.94 Å². The van der Waals surface area contributed by atoms with Crippen molar-refractivity contribution in [3.63, 3.8) is 0 Å². The molecule has 1 rings (SSSR count). The number of rotatable bonds is 4. The van der Waals surface area contributed by atoms with Crippen LogP contribution < -0.4 is 9.46 Å². The second-order valence-electron chi connectivity index (χ2n) is 5.11. The van der Waals surface area contributed by atoms with Crippen LogP contribution in [0.4, 0.5) is 4.39 Å². The van der Waals surface area contributed by atoms with Gasteiger partial charge in [-0.25, -0.2) is 4.39 Å². The normalized spacial score (nSPS) is 15.3. The van der Waals surface area contributed by atoms with Crippen LogP contribution in [-0.4, -0.2) is 16.4 Å². The molecular formula is C13H20FNO2S. The molecule has 18 heavy (non-hydrogen) atoms. The zero-order valence-electron chi connectivity index (χ0n) is 11.4. The highest BCUT2D eigenvalue weighted by atomic mass is 32.2. The number of nitrogens with one attached hydrogen (secondary N) is 1. The summed E-state index contributed by atoms with van der Waals surface area (Å²) < 4.78 is 33.3. The highest BCUT2D eigenvalue weighted by Crippen LogP contribution is 2.25. The topological polar surface area (TPSA) is 44.3 Å². The molecular weight excluding hydrogens is 253 g/mol. The zero-order valence-corrected chi connectivity index (χ0v) is 12.2. The van der Waals surface area contributed by atoms with Crippen molar-refractivity contribution in [1.82, 2.24) is 4.72 Å². The van der Waals surface area contributed by atoms with Crippen LogP contribution in [0.2, 0.25) is 0 Å². The Bertz CT molecular complexity index is 406. The molecule has 102 valence electrons. The molecule has 2 atom stereocenters. The van der Waals surface area contributed by atoms with Gasteiger partial charge >= 0.3 is 0 Å². The molecule has 3 nitrogen and oxygen atoms in total. The molecule has 0 aliphatic rings. The quantitative estimate of drug-likeness (QED) is 0.858. The fourth-order valence-corrected chi connectivity index (χ4v) is 2.18. The molecule has 0 aliphatic heterocycles. The summed E-state index contributed by atoms with van der Waals surface area (Å²) >= 11 is -1.24. The molecule has 0 fully saturated rings. The van der Waals surface area contributed by atoms with Crippen molar-refractivity contribution in [2.75, 3.05) is 7.11 Å². The first-order valence-corrected chi connectivity index (χ1v) is 6.92. The summed E-state index contributed by atoms with van der Waals surface area (Å²) in [5.74, 6) is 0.253. The Morgan fingerprint density at radius 3 is 2.50 bits per heavy atom. The monoisotopic (exact) mass is 273 g/mol. The highest BCUT2D eigenvalue weighted by Gasteiger charge is 2.29. The number of benzene rings is 1.